The minimum atomic E-state index is -2.86. The molecule has 0 unspecified atom stereocenters. The van der Waals surface area contributed by atoms with Crippen molar-refractivity contribution in [1.82, 2.24) is 15.0 Å². The Morgan fingerprint density at radius 1 is 0.522 bits per heavy atom. The molecule has 0 aliphatic heterocycles. The second kappa shape index (κ2) is 21.1. The molecule has 352 valence electrons. The van der Waals surface area contributed by atoms with Crippen molar-refractivity contribution in [2.75, 3.05) is 0 Å². The van der Waals surface area contributed by atoms with Crippen molar-refractivity contribution in [3.63, 3.8) is 0 Å². The van der Waals surface area contributed by atoms with Crippen molar-refractivity contribution in [3.05, 3.63) is 219 Å². The number of aryl methyl sites for hydroxylation is 3. The maximum absolute atomic E-state index is 10.4. The van der Waals surface area contributed by atoms with Gasteiger partial charge in [-0.15, -0.1) is 107 Å². The first kappa shape index (κ1) is 39.0. The van der Waals surface area contributed by atoms with Crippen LogP contribution in [-0.4, -0.2) is 15.0 Å². The maximum atomic E-state index is 10.4. The fourth-order valence-corrected chi connectivity index (χ4v) is 9.33. The largest absolute Gasteiger partial charge is 3.00 e. The number of nitrogens with zero attached hydrogens (tertiary/aromatic N) is 3. The number of hydrogen-bond acceptors (Lipinski definition) is 3. The van der Waals surface area contributed by atoms with Crippen LogP contribution in [0.25, 0.3) is 44.9 Å². The molecule has 0 saturated heterocycles. The van der Waals surface area contributed by atoms with Gasteiger partial charge in [0.2, 0.25) is 0 Å². The Bertz CT molecular complexity index is 3310. The second-order valence-corrected chi connectivity index (χ2v) is 20.7. The van der Waals surface area contributed by atoms with Crippen LogP contribution in [0.1, 0.15) is 129 Å². The minimum Gasteiger partial charge on any atom is -0.304 e. The molecule has 0 spiro atoms. The zero-order valence-electron chi connectivity index (χ0n) is 51.5. The van der Waals surface area contributed by atoms with Gasteiger partial charge in [0.15, 0.2) is 0 Å². The van der Waals surface area contributed by atoms with Crippen LogP contribution in [0.2, 0.25) is 0 Å². The maximum Gasteiger partial charge on any atom is 3.00 e. The van der Waals surface area contributed by atoms with E-state index in [-0.39, 0.29) is 64.6 Å². The van der Waals surface area contributed by atoms with Gasteiger partial charge >= 0.3 is 20.1 Å². The van der Waals surface area contributed by atoms with Crippen molar-refractivity contribution in [2.45, 2.75) is 126 Å². The summed E-state index contributed by atoms with van der Waals surface area (Å²) in [5.74, 6) is 0. The van der Waals surface area contributed by atoms with E-state index in [0.717, 1.165) is 55.9 Å². The summed E-state index contributed by atoms with van der Waals surface area (Å²) >= 11 is 0. The molecular formula is C65H68IrN3. The molecule has 3 aromatic heterocycles. The van der Waals surface area contributed by atoms with E-state index in [2.05, 4.69) is 85.7 Å². The Kier molecular flexibility index (Phi) is 11.9. The van der Waals surface area contributed by atoms with Crippen LogP contribution in [-0.2, 0) is 62.9 Å². The summed E-state index contributed by atoms with van der Waals surface area (Å²) < 4.78 is 91.7. The molecule has 8 aromatic rings. The molecule has 0 atom stereocenters. The monoisotopic (exact) mass is 1090 g/mol. The first-order valence-corrected chi connectivity index (χ1v) is 23.5. The van der Waals surface area contributed by atoms with Gasteiger partial charge in [0, 0.05) is 32.3 Å². The molecule has 8 rings (SSSR count). The van der Waals surface area contributed by atoms with Crippen LogP contribution in [0.4, 0.5) is 0 Å². The summed E-state index contributed by atoms with van der Waals surface area (Å²) in [6, 6.07) is 44.3. The van der Waals surface area contributed by atoms with Crippen molar-refractivity contribution in [3.8, 4) is 44.9 Å². The predicted octanol–water partition coefficient (Wildman–Crippen LogP) is 15.9. The molecule has 0 radical (unpaired) electrons. The Morgan fingerprint density at radius 2 is 1.09 bits per heavy atom. The molecule has 0 saturated carbocycles. The molecule has 0 bridgehead atoms. The van der Waals surface area contributed by atoms with Crippen molar-refractivity contribution in [1.29, 1.82) is 0 Å². The molecule has 0 aliphatic rings. The standard InChI is InChI=1S/C65H68N3.Ir/c1-43-23-26-51(27-24-43)62-36-57(55-31-25-48(35-44(55)2)37-63(6,7)8)52(40-66-62)28-32-56-45(3)58(38-64(9,10)53-29-33-60(67-41-53)49-19-15-13-16-20-49)47(5)59(46(56)4)39-65(11,12)54-30-34-61(68-42-54)50-21-17-14-18-22-50;/h13-19,21,23-26,29-31,33-36,40-42H,28,32,37-39H2,1-12H3;/q-3;+3/i1D3,2D3,28D2,32D2;. The van der Waals surface area contributed by atoms with E-state index >= 15 is 0 Å². The zero-order valence-corrected chi connectivity index (χ0v) is 43.9. The third kappa shape index (κ3) is 11.8. The smallest absolute Gasteiger partial charge is 0.304 e. The molecule has 3 heterocycles. The number of aromatic nitrogens is 3. The normalized spacial score (nSPS) is 14.9. The fraction of sp³-hybridized carbons (Fsp3) is 0.308. The van der Waals surface area contributed by atoms with E-state index in [4.69, 9.17) is 23.2 Å². The van der Waals surface area contributed by atoms with Crippen LogP contribution in [0.3, 0.4) is 0 Å². The third-order valence-electron chi connectivity index (χ3n) is 13.3. The summed E-state index contributed by atoms with van der Waals surface area (Å²) in [6.07, 6.45) is 0.973. The molecule has 0 N–H and O–H groups in total. The summed E-state index contributed by atoms with van der Waals surface area (Å²) in [4.78, 5) is 14.5. The Morgan fingerprint density at radius 3 is 1.57 bits per heavy atom. The van der Waals surface area contributed by atoms with E-state index in [9.17, 15) is 5.48 Å². The second-order valence-electron chi connectivity index (χ2n) is 20.7. The average Bonchev–Trinajstić information content (AvgIpc) is 3.41. The van der Waals surface area contributed by atoms with Gasteiger partial charge in [0.25, 0.3) is 0 Å². The number of pyridine rings is 3. The topological polar surface area (TPSA) is 38.7 Å². The molecule has 0 fully saturated rings. The van der Waals surface area contributed by atoms with Gasteiger partial charge < -0.3 is 15.0 Å². The van der Waals surface area contributed by atoms with Crippen molar-refractivity contribution < 1.29 is 33.8 Å². The van der Waals surface area contributed by atoms with Gasteiger partial charge in [-0.2, -0.15) is 0 Å². The molecular weight excluding hydrogens is 1010 g/mol. The van der Waals surface area contributed by atoms with Crippen molar-refractivity contribution >= 4 is 0 Å². The van der Waals surface area contributed by atoms with Crippen LogP contribution >= 0.6 is 0 Å². The molecule has 5 aromatic carbocycles. The number of hydrogen-bond donors (Lipinski definition) is 0. The molecule has 0 aliphatic carbocycles. The quantitative estimate of drug-likeness (QED) is 0.102. The van der Waals surface area contributed by atoms with E-state index in [1.54, 1.807) is 24.3 Å². The first-order chi connectivity index (χ1) is 36.3. The first-order valence-electron chi connectivity index (χ1n) is 28.5. The minimum absolute atomic E-state index is 0. The Hall–Kier alpha value is -5.80. The van der Waals surface area contributed by atoms with Crippen LogP contribution in [0, 0.1) is 58.1 Å². The van der Waals surface area contributed by atoms with Gasteiger partial charge in [-0.25, -0.2) is 0 Å². The van der Waals surface area contributed by atoms with Gasteiger partial charge in [-0.3, -0.25) is 0 Å². The molecule has 4 heteroatoms. The SMILES string of the molecule is [2H]C([2H])([2H])c1c[c-]c(-c2cc(-c3ccc(CC(C)(C)C)cc3C([2H])([2H])[2H])c(C([2H])([2H])C([2H])([2H])c3c(C)c(CC(C)(C)c4ccc(-c5[c-]cccc5)nc4)c(C)c(CC(C)(C)c4ccc(-c5[c-]cccc5)nc4)c3C)cn2)cc1.[Ir+3]. The van der Waals surface area contributed by atoms with Crippen LogP contribution in [0.15, 0.2) is 134 Å². The molecule has 3 nitrogen and oxygen atoms in total. The summed E-state index contributed by atoms with van der Waals surface area (Å²) in [5.41, 5.74) is 10.0. The van der Waals surface area contributed by atoms with E-state index in [1.807, 2.05) is 93.0 Å². The predicted molar refractivity (Wildman–Crippen MR) is 285 cm³/mol. The average molecular weight is 1090 g/mol. The van der Waals surface area contributed by atoms with Gasteiger partial charge in [-0.1, -0.05) is 104 Å². The molecule has 0 amide bonds. The molecule has 69 heavy (non-hydrogen) atoms. The van der Waals surface area contributed by atoms with E-state index < -0.39 is 37.3 Å². The summed E-state index contributed by atoms with van der Waals surface area (Å²) in [6.45, 7) is 15.6. The Labute approximate surface area is 441 Å². The van der Waals surface area contributed by atoms with Crippen molar-refractivity contribution in [2.24, 2.45) is 5.41 Å². The number of rotatable bonds is 14. The fourth-order valence-electron chi connectivity index (χ4n) is 9.33. The Balaban J connectivity index is 0.00000903. The third-order valence-corrected chi connectivity index (χ3v) is 13.3. The van der Waals surface area contributed by atoms with E-state index in [0.29, 0.717) is 36.0 Å². The van der Waals surface area contributed by atoms with E-state index in [1.165, 1.54) is 18.3 Å². The summed E-state index contributed by atoms with van der Waals surface area (Å²) in [7, 11) is 0. The van der Waals surface area contributed by atoms with Gasteiger partial charge in [0.05, 0.1) is 0 Å². The number of benzene rings is 5. The zero-order chi connectivity index (χ0) is 57.0. The summed E-state index contributed by atoms with van der Waals surface area (Å²) in [5, 5.41) is 0. The van der Waals surface area contributed by atoms with Gasteiger partial charge in [-0.05, 0) is 165 Å². The van der Waals surface area contributed by atoms with Crippen LogP contribution < -0.4 is 0 Å². The van der Waals surface area contributed by atoms with Gasteiger partial charge in [0.1, 0.15) is 0 Å². The van der Waals surface area contributed by atoms with Crippen LogP contribution in [0.5, 0.6) is 0 Å².